The highest BCUT2D eigenvalue weighted by atomic mass is 35.5. The van der Waals surface area contributed by atoms with E-state index in [2.05, 4.69) is 20.6 Å². The molecule has 2 amide bonds. The molecule has 11 heteroatoms. The Bertz CT molecular complexity index is 1370. The minimum Gasteiger partial charge on any atom is -0.352 e. The average molecular weight is 558 g/mol. The van der Waals surface area contributed by atoms with E-state index in [4.69, 9.17) is 11.6 Å². The standard InChI is InChI=1S/C28H27ClF3N5O2/c1-17-10-11-28(37(17)26-33-12-5-13-34-26,25(39)36-19-7-4-6-18(30)14-19)23(21-8-2-3-9-22(21)29)24(38)35-20-15-27(31,32)16-20/h2-9,12-14,17,20,23H,10-11,15-16H2,1H3,(H,35,38)(H,36,39)/t17?,23-,28?/m0/s1. The van der Waals surface area contributed by atoms with E-state index in [9.17, 15) is 22.8 Å². The molecular formula is C28H27ClF3N5O2. The van der Waals surface area contributed by atoms with Crippen LogP contribution < -0.4 is 15.5 Å². The summed E-state index contributed by atoms with van der Waals surface area (Å²) in [6, 6.07) is 12.7. The third-order valence-electron chi connectivity index (χ3n) is 7.45. The Hall–Kier alpha value is -3.66. The summed E-state index contributed by atoms with van der Waals surface area (Å²) in [6.45, 7) is 1.89. The van der Waals surface area contributed by atoms with E-state index in [1.54, 1.807) is 35.2 Å². The maximum absolute atomic E-state index is 14.4. The van der Waals surface area contributed by atoms with Crippen molar-refractivity contribution in [3.63, 3.8) is 0 Å². The van der Waals surface area contributed by atoms with E-state index in [0.29, 0.717) is 12.0 Å². The molecule has 5 rings (SSSR count). The number of anilines is 2. The van der Waals surface area contributed by atoms with Crippen LogP contribution in [0.5, 0.6) is 0 Å². The van der Waals surface area contributed by atoms with Gasteiger partial charge in [-0.3, -0.25) is 9.59 Å². The highest BCUT2D eigenvalue weighted by Crippen LogP contribution is 2.48. The summed E-state index contributed by atoms with van der Waals surface area (Å²) in [5, 5.41) is 5.75. The smallest absolute Gasteiger partial charge is 0.252 e. The quantitative estimate of drug-likeness (QED) is 0.410. The van der Waals surface area contributed by atoms with Crippen LogP contribution >= 0.6 is 11.6 Å². The Kier molecular flexibility index (Phi) is 7.24. The lowest BCUT2D eigenvalue weighted by molar-refractivity contribution is -0.135. The summed E-state index contributed by atoms with van der Waals surface area (Å²) >= 11 is 6.62. The largest absolute Gasteiger partial charge is 0.352 e. The lowest BCUT2D eigenvalue weighted by atomic mass is 9.75. The number of nitrogens with one attached hydrogen (secondary N) is 2. The van der Waals surface area contributed by atoms with Crippen LogP contribution in [0.25, 0.3) is 0 Å². The molecule has 1 saturated heterocycles. The summed E-state index contributed by atoms with van der Waals surface area (Å²) in [4.78, 5) is 39.0. The zero-order valence-electron chi connectivity index (χ0n) is 21.1. The summed E-state index contributed by atoms with van der Waals surface area (Å²) in [7, 11) is 0. The van der Waals surface area contributed by atoms with Crippen molar-refractivity contribution in [3.05, 3.63) is 83.4 Å². The van der Waals surface area contributed by atoms with Gasteiger partial charge in [0.2, 0.25) is 11.9 Å². The number of hydrogen-bond acceptors (Lipinski definition) is 5. The van der Waals surface area contributed by atoms with Gasteiger partial charge >= 0.3 is 0 Å². The van der Waals surface area contributed by atoms with Crippen LogP contribution in [0.3, 0.4) is 0 Å². The van der Waals surface area contributed by atoms with Gasteiger partial charge < -0.3 is 15.5 Å². The molecule has 2 unspecified atom stereocenters. The fourth-order valence-corrected chi connectivity index (χ4v) is 5.92. The first kappa shape index (κ1) is 26.9. The first-order valence-corrected chi connectivity index (χ1v) is 13.0. The van der Waals surface area contributed by atoms with E-state index in [-0.39, 0.29) is 29.1 Å². The fourth-order valence-electron chi connectivity index (χ4n) is 5.68. The molecule has 0 bridgehead atoms. The number of amides is 2. The lowest BCUT2D eigenvalue weighted by Crippen LogP contribution is -2.63. The minimum absolute atomic E-state index is 0.192. The van der Waals surface area contributed by atoms with Crippen LogP contribution in [0, 0.1) is 5.82 Å². The molecule has 1 aliphatic carbocycles. The molecular weight excluding hydrogens is 531 g/mol. The van der Waals surface area contributed by atoms with Crippen LogP contribution in [0.2, 0.25) is 5.02 Å². The number of halogens is 4. The molecule has 3 atom stereocenters. The number of hydrogen-bond donors (Lipinski definition) is 2. The van der Waals surface area contributed by atoms with Gasteiger partial charge in [-0.25, -0.2) is 23.1 Å². The third-order valence-corrected chi connectivity index (χ3v) is 7.79. The highest BCUT2D eigenvalue weighted by molar-refractivity contribution is 6.31. The molecule has 2 aliphatic rings. The van der Waals surface area contributed by atoms with Gasteiger partial charge in [0.05, 0.1) is 5.92 Å². The average Bonchev–Trinajstić information content (AvgIpc) is 3.22. The Morgan fingerprint density at radius 1 is 1.08 bits per heavy atom. The van der Waals surface area contributed by atoms with E-state index in [1.807, 2.05) is 6.92 Å². The van der Waals surface area contributed by atoms with E-state index in [1.165, 1.54) is 36.7 Å². The first-order valence-electron chi connectivity index (χ1n) is 12.7. The van der Waals surface area contributed by atoms with Crippen molar-refractivity contribution in [1.29, 1.82) is 0 Å². The van der Waals surface area contributed by atoms with Gasteiger partial charge in [0.1, 0.15) is 11.4 Å². The van der Waals surface area contributed by atoms with E-state index in [0.717, 1.165) is 0 Å². The molecule has 2 N–H and O–H groups in total. The van der Waals surface area contributed by atoms with Gasteiger partial charge in [0.15, 0.2) is 0 Å². The number of carbonyl (C=O) groups is 2. The van der Waals surface area contributed by atoms with Gasteiger partial charge in [0, 0.05) is 48.0 Å². The van der Waals surface area contributed by atoms with Gasteiger partial charge in [-0.2, -0.15) is 0 Å². The molecule has 2 aromatic carbocycles. The molecule has 1 aromatic heterocycles. The van der Waals surface area contributed by atoms with Crippen LogP contribution in [-0.4, -0.2) is 45.3 Å². The van der Waals surface area contributed by atoms with Crippen molar-refractivity contribution in [1.82, 2.24) is 15.3 Å². The maximum Gasteiger partial charge on any atom is 0.252 e. The summed E-state index contributed by atoms with van der Waals surface area (Å²) < 4.78 is 41.3. The number of benzene rings is 2. The second kappa shape index (κ2) is 10.5. The van der Waals surface area contributed by atoms with Crippen molar-refractivity contribution in [3.8, 4) is 0 Å². The minimum atomic E-state index is -2.85. The normalized spacial score (nSPS) is 23.1. The molecule has 1 saturated carbocycles. The van der Waals surface area contributed by atoms with Crippen molar-refractivity contribution in [2.24, 2.45) is 0 Å². The van der Waals surface area contributed by atoms with E-state index < -0.39 is 53.9 Å². The Balaban J connectivity index is 1.66. The SMILES string of the molecule is CC1CCC(C(=O)Nc2cccc(F)c2)([C@H](C(=O)NC2CC(F)(F)C2)c2ccccc2Cl)N1c1ncccn1. The topological polar surface area (TPSA) is 87.2 Å². The van der Waals surface area contributed by atoms with Crippen molar-refractivity contribution >= 4 is 35.1 Å². The third kappa shape index (κ3) is 5.17. The van der Waals surface area contributed by atoms with Crippen LogP contribution in [0.15, 0.2) is 67.0 Å². The Morgan fingerprint density at radius 3 is 2.46 bits per heavy atom. The van der Waals surface area contributed by atoms with E-state index >= 15 is 0 Å². The molecule has 1 aliphatic heterocycles. The second-order valence-corrected chi connectivity index (χ2v) is 10.5. The molecule has 3 aromatic rings. The zero-order valence-corrected chi connectivity index (χ0v) is 21.8. The second-order valence-electron chi connectivity index (χ2n) is 10.1. The van der Waals surface area contributed by atoms with Crippen LogP contribution in [0.1, 0.15) is 44.1 Å². The summed E-state index contributed by atoms with van der Waals surface area (Å²) in [6.07, 6.45) is 2.77. The fraction of sp³-hybridized carbons (Fsp3) is 0.357. The number of aromatic nitrogens is 2. The number of alkyl halides is 2. The maximum atomic E-state index is 14.4. The van der Waals surface area contributed by atoms with Crippen LogP contribution in [-0.2, 0) is 9.59 Å². The Labute approximate surface area is 228 Å². The van der Waals surface area contributed by atoms with Gasteiger partial charge in [-0.1, -0.05) is 35.9 Å². The molecule has 39 heavy (non-hydrogen) atoms. The molecule has 2 fully saturated rings. The first-order chi connectivity index (χ1) is 18.6. The predicted octanol–water partition coefficient (Wildman–Crippen LogP) is 5.33. The number of rotatable bonds is 7. The molecule has 0 radical (unpaired) electrons. The van der Waals surface area contributed by atoms with Gasteiger partial charge in [-0.15, -0.1) is 0 Å². The molecule has 0 spiro atoms. The number of carbonyl (C=O) groups excluding carboxylic acids is 2. The molecule has 2 heterocycles. The number of nitrogens with zero attached hydrogens (tertiary/aromatic N) is 3. The Morgan fingerprint density at radius 2 is 1.79 bits per heavy atom. The van der Waals surface area contributed by atoms with Crippen LogP contribution in [0.4, 0.5) is 24.8 Å². The predicted molar refractivity (Wildman–Crippen MR) is 141 cm³/mol. The summed E-state index contributed by atoms with van der Waals surface area (Å²) in [5.41, 5.74) is -1.08. The van der Waals surface area contributed by atoms with Crippen molar-refractivity contribution < 1.29 is 22.8 Å². The summed E-state index contributed by atoms with van der Waals surface area (Å²) in [5.74, 6) is -5.62. The zero-order chi connectivity index (χ0) is 27.8. The molecule has 7 nitrogen and oxygen atoms in total. The lowest BCUT2D eigenvalue weighted by Gasteiger charge is -2.45. The molecule has 204 valence electrons. The van der Waals surface area contributed by atoms with Gasteiger partial charge in [0.25, 0.3) is 11.8 Å². The highest BCUT2D eigenvalue weighted by Gasteiger charge is 2.60. The monoisotopic (exact) mass is 557 g/mol. The van der Waals surface area contributed by atoms with Crippen molar-refractivity contribution in [2.75, 3.05) is 10.2 Å². The van der Waals surface area contributed by atoms with Crippen molar-refractivity contribution in [2.45, 2.75) is 62.1 Å². The van der Waals surface area contributed by atoms with Gasteiger partial charge in [-0.05, 0) is 55.7 Å².